The molecule has 10 heteroatoms. The Kier molecular flexibility index (Phi) is 5.33. The third-order valence-electron chi connectivity index (χ3n) is 6.42. The van der Waals surface area contributed by atoms with Crippen molar-refractivity contribution in [3.8, 4) is 11.5 Å². The lowest BCUT2D eigenvalue weighted by Gasteiger charge is -2.70. The average molecular weight is 494 g/mol. The van der Waals surface area contributed by atoms with E-state index in [9.17, 15) is 14.0 Å². The summed E-state index contributed by atoms with van der Waals surface area (Å²) in [5, 5.41) is 6.68. The summed E-state index contributed by atoms with van der Waals surface area (Å²) in [6, 6.07) is 9.32. The molecule has 2 amide bonds. The van der Waals surface area contributed by atoms with E-state index in [0.29, 0.717) is 36.6 Å². The largest absolute Gasteiger partial charge is 0.484 e. The Morgan fingerprint density at radius 2 is 1.88 bits per heavy atom. The summed E-state index contributed by atoms with van der Waals surface area (Å²) in [6.07, 6.45) is 1.34. The number of carbonyl (C=O) groups excluding carboxylic acids is 2. The van der Waals surface area contributed by atoms with Crippen LogP contribution in [0.5, 0.6) is 11.5 Å². The van der Waals surface area contributed by atoms with Crippen molar-refractivity contribution in [2.24, 2.45) is 0 Å². The van der Waals surface area contributed by atoms with Crippen molar-refractivity contribution in [3.63, 3.8) is 0 Å². The maximum Gasteiger partial charge on any atom is 0.263 e. The number of carbonyl (C=O) groups is 2. The zero-order valence-corrected chi connectivity index (χ0v) is 19.3. The molecular formula is C23H22Cl2FN3O4. The van der Waals surface area contributed by atoms with E-state index < -0.39 is 11.9 Å². The highest BCUT2D eigenvalue weighted by molar-refractivity contribution is 6.31. The van der Waals surface area contributed by atoms with Gasteiger partial charge in [0.05, 0.1) is 17.3 Å². The number of rotatable bonds is 6. The number of ether oxygens (including phenoxy) is 2. The molecule has 0 radical (unpaired) electrons. The van der Waals surface area contributed by atoms with Gasteiger partial charge in [-0.25, -0.2) is 4.39 Å². The van der Waals surface area contributed by atoms with Gasteiger partial charge < -0.3 is 25.0 Å². The lowest BCUT2D eigenvalue weighted by atomic mass is 9.44. The molecule has 3 saturated carbocycles. The molecule has 0 unspecified atom stereocenters. The van der Waals surface area contributed by atoms with Gasteiger partial charge in [0.1, 0.15) is 17.3 Å². The monoisotopic (exact) mass is 493 g/mol. The highest BCUT2D eigenvalue weighted by atomic mass is 35.5. The molecular weight excluding hydrogens is 472 g/mol. The summed E-state index contributed by atoms with van der Waals surface area (Å²) in [7, 11) is 1.89. The number of hydrogen-bond acceptors (Lipinski definition) is 5. The molecule has 0 aromatic heterocycles. The number of anilines is 1. The van der Waals surface area contributed by atoms with Crippen LogP contribution >= 0.6 is 23.2 Å². The minimum absolute atomic E-state index is 0.00751. The van der Waals surface area contributed by atoms with Crippen LogP contribution in [0.15, 0.2) is 36.4 Å². The molecule has 0 saturated heterocycles. The first-order valence-electron chi connectivity index (χ1n) is 10.5. The van der Waals surface area contributed by atoms with Gasteiger partial charge in [0.15, 0.2) is 12.7 Å². The second kappa shape index (κ2) is 7.95. The van der Waals surface area contributed by atoms with Crippen LogP contribution in [-0.4, -0.2) is 49.2 Å². The topological polar surface area (TPSA) is 79.9 Å². The second-order valence-corrected chi connectivity index (χ2v) is 9.94. The van der Waals surface area contributed by atoms with E-state index in [1.165, 1.54) is 12.1 Å². The van der Waals surface area contributed by atoms with Crippen molar-refractivity contribution in [1.29, 1.82) is 0 Å². The van der Waals surface area contributed by atoms with Crippen molar-refractivity contribution >= 4 is 40.7 Å². The van der Waals surface area contributed by atoms with Crippen LogP contribution in [0.1, 0.15) is 19.3 Å². The number of nitrogens with one attached hydrogen (secondary N) is 2. The Hall–Kier alpha value is -2.71. The van der Waals surface area contributed by atoms with Crippen LogP contribution in [0.2, 0.25) is 10.0 Å². The minimum Gasteiger partial charge on any atom is -0.484 e. The summed E-state index contributed by atoms with van der Waals surface area (Å²) in [4.78, 5) is 27.1. The smallest absolute Gasteiger partial charge is 0.263 e. The van der Waals surface area contributed by atoms with Gasteiger partial charge in [-0.15, -0.1) is 0 Å². The highest BCUT2D eigenvalue weighted by Crippen LogP contribution is 2.60. The Morgan fingerprint density at radius 3 is 2.61 bits per heavy atom. The van der Waals surface area contributed by atoms with Crippen LogP contribution in [0.3, 0.4) is 0 Å². The second-order valence-electron chi connectivity index (χ2n) is 9.09. The average Bonchev–Trinajstić information content (AvgIpc) is 2.72. The van der Waals surface area contributed by atoms with Gasteiger partial charge >= 0.3 is 0 Å². The van der Waals surface area contributed by atoms with Gasteiger partial charge in [0.2, 0.25) is 0 Å². The number of fused-ring (bicyclic) bond motifs is 1. The molecule has 2 aromatic carbocycles. The summed E-state index contributed by atoms with van der Waals surface area (Å²) in [6.45, 7) is 0.188. The molecule has 1 atom stereocenters. The molecule has 174 valence electrons. The molecule has 4 aliphatic rings. The van der Waals surface area contributed by atoms with E-state index in [1.807, 2.05) is 18.0 Å². The summed E-state index contributed by atoms with van der Waals surface area (Å²) >= 11 is 11.7. The van der Waals surface area contributed by atoms with Crippen molar-refractivity contribution in [2.45, 2.75) is 36.4 Å². The van der Waals surface area contributed by atoms with Crippen molar-refractivity contribution in [3.05, 3.63) is 52.3 Å². The molecule has 3 aliphatic carbocycles. The SMILES string of the molecule is CN1C[C@H](C(=O)NC23CC(NC(=O)COc4ccc(Cl)c(F)c4)(C2)C3)Oc2ccc(Cl)cc21. The van der Waals surface area contributed by atoms with E-state index in [4.69, 9.17) is 32.7 Å². The first-order valence-corrected chi connectivity index (χ1v) is 11.3. The lowest BCUT2D eigenvalue weighted by molar-refractivity contribution is -0.153. The standard InChI is InChI=1S/C23H22Cl2FN3O4/c1-29-8-19(33-18-5-2-13(24)6-17(18)29)21(31)28-23-10-22(11-23,12-23)27-20(30)9-32-14-3-4-15(25)16(26)7-14/h2-7,19H,8-12H2,1H3,(H,27,30)(H,28,31)/t19-,22?,23?/m1/s1. The first-order chi connectivity index (χ1) is 15.7. The molecule has 1 heterocycles. The zero-order valence-electron chi connectivity index (χ0n) is 17.8. The van der Waals surface area contributed by atoms with Gasteiger partial charge in [0, 0.05) is 29.2 Å². The molecule has 2 aromatic rings. The van der Waals surface area contributed by atoms with Gasteiger partial charge in [-0.05, 0) is 49.6 Å². The maximum atomic E-state index is 13.5. The number of likely N-dealkylation sites (N-methyl/N-ethyl adjacent to an activating group) is 1. The van der Waals surface area contributed by atoms with Crippen molar-refractivity contribution < 1.29 is 23.5 Å². The highest BCUT2D eigenvalue weighted by Gasteiger charge is 2.69. The molecule has 6 rings (SSSR count). The minimum atomic E-state index is -0.628. The van der Waals surface area contributed by atoms with Gasteiger partial charge in [0.25, 0.3) is 11.8 Å². The molecule has 1 aliphatic heterocycles. The number of nitrogens with zero attached hydrogens (tertiary/aromatic N) is 1. The number of amides is 2. The van der Waals surface area contributed by atoms with Crippen LogP contribution in [0.25, 0.3) is 0 Å². The van der Waals surface area contributed by atoms with Crippen LogP contribution in [0.4, 0.5) is 10.1 Å². The number of hydrogen-bond donors (Lipinski definition) is 2. The lowest BCUT2D eigenvalue weighted by Crippen LogP contribution is -2.84. The molecule has 0 spiro atoms. The summed E-state index contributed by atoms with van der Waals surface area (Å²) in [5.41, 5.74) is 0.210. The normalized spacial score (nSPS) is 26.8. The molecule has 2 N–H and O–H groups in total. The van der Waals surface area contributed by atoms with Crippen molar-refractivity contribution in [2.75, 3.05) is 25.1 Å². The Bertz CT molecular complexity index is 1120. The first kappa shape index (κ1) is 22.1. The van der Waals surface area contributed by atoms with Gasteiger partial charge in [-0.1, -0.05) is 23.2 Å². The fourth-order valence-electron chi connectivity index (χ4n) is 5.00. The molecule has 2 bridgehead atoms. The van der Waals surface area contributed by atoms with E-state index in [-0.39, 0.29) is 40.3 Å². The summed E-state index contributed by atoms with van der Waals surface area (Å²) in [5.74, 6) is -0.218. The fraction of sp³-hybridized carbons (Fsp3) is 0.391. The Labute approximate surface area is 200 Å². The number of halogens is 3. The molecule has 33 heavy (non-hydrogen) atoms. The van der Waals surface area contributed by atoms with Gasteiger partial charge in [-0.3, -0.25) is 9.59 Å². The third-order valence-corrected chi connectivity index (χ3v) is 6.96. The summed E-state index contributed by atoms with van der Waals surface area (Å²) < 4.78 is 24.7. The van der Waals surface area contributed by atoms with E-state index in [2.05, 4.69) is 10.6 Å². The fourth-order valence-corrected chi connectivity index (χ4v) is 5.29. The molecule has 3 fully saturated rings. The zero-order chi connectivity index (χ0) is 23.4. The quantitative estimate of drug-likeness (QED) is 0.645. The Balaban J connectivity index is 1.10. The van der Waals surface area contributed by atoms with Crippen LogP contribution < -0.4 is 25.0 Å². The van der Waals surface area contributed by atoms with Gasteiger partial charge in [-0.2, -0.15) is 0 Å². The van der Waals surface area contributed by atoms with E-state index in [1.54, 1.807) is 12.1 Å². The Morgan fingerprint density at radius 1 is 1.15 bits per heavy atom. The third kappa shape index (κ3) is 4.17. The number of benzene rings is 2. The maximum absolute atomic E-state index is 13.5. The predicted octanol–water partition coefficient (Wildman–Crippen LogP) is 3.32. The van der Waals surface area contributed by atoms with Crippen LogP contribution in [0, 0.1) is 5.82 Å². The van der Waals surface area contributed by atoms with E-state index in [0.717, 1.165) is 11.8 Å². The van der Waals surface area contributed by atoms with Crippen LogP contribution in [-0.2, 0) is 9.59 Å². The van der Waals surface area contributed by atoms with Crippen molar-refractivity contribution in [1.82, 2.24) is 10.6 Å². The molecule has 7 nitrogen and oxygen atoms in total. The van der Waals surface area contributed by atoms with E-state index >= 15 is 0 Å². The predicted molar refractivity (Wildman–Crippen MR) is 122 cm³/mol.